The van der Waals surface area contributed by atoms with Gasteiger partial charge in [0.25, 0.3) is 6.71 Å². The highest BCUT2D eigenvalue weighted by molar-refractivity contribution is 6.94. The maximum atomic E-state index is 4.64. The van der Waals surface area contributed by atoms with Gasteiger partial charge in [0.05, 0.1) is 0 Å². The molecule has 0 saturated heterocycles. The standard InChI is InChI=1S/C22H19BN2/c1-4-17-7-11-20(12-8-17)23(21-13-9-18(5-2)15-24-21)22-14-10-19(6-3)16-25-22/h4-16H,1-3H2. The van der Waals surface area contributed by atoms with Gasteiger partial charge in [-0.25, -0.2) is 0 Å². The fourth-order valence-electron chi connectivity index (χ4n) is 2.73. The maximum Gasteiger partial charge on any atom is 0.288 e. The van der Waals surface area contributed by atoms with E-state index >= 15 is 0 Å². The number of hydrogen-bond donors (Lipinski definition) is 0. The highest BCUT2D eigenvalue weighted by atomic mass is 14.7. The molecule has 0 unspecified atom stereocenters. The fraction of sp³-hybridized carbons (Fsp3) is 0. The number of pyridine rings is 2. The van der Waals surface area contributed by atoms with Crippen LogP contribution in [0.15, 0.2) is 80.7 Å². The first-order valence-electron chi connectivity index (χ1n) is 8.14. The molecule has 25 heavy (non-hydrogen) atoms. The molecule has 2 heterocycles. The van der Waals surface area contributed by atoms with Crippen LogP contribution in [0.25, 0.3) is 18.2 Å². The minimum Gasteiger partial charge on any atom is -0.270 e. The van der Waals surface area contributed by atoms with E-state index in [-0.39, 0.29) is 6.71 Å². The topological polar surface area (TPSA) is 25.8 Å². The third-order valence-corrected chi connectivity index (χ3v) is 4.19. The summed E-state index contributed by atoms with van der Waals surface area (Å²) in [5.74, 6) is 0. The third-order valence-electron chi connectivity index (χ3n) is 4.19. The molecule has 3 aromatic rings. The van der Waals surface area contributed by atoms with Crippen LogP contribution in [-0.2, 0) is 0 Å². The number of rotatable bonds is 6. The van der Waals surface area contributed by atoms with Gasteiger partial charge in [-0.3, -0.25) is 9.97 Å². The van der Waals surface area contributed by atoms with E-state index in [1.807, 2.05) is 42.7 Å². The van der Waals surface area contributed by atoms with Crippen molar-refractivity contribution < 1.29 is 0 Å². The molecule has 3 rings (SSSR count). The van der Waals surface area contributed by atoms with Crippen LogP contribution < -0.4 is 16.6 Å². The summed E-state index contributed by atoms with van der Waals surface area (Å²) >= 11 is 0. The van der Waals surface area contributed by atoms with Gasteiger partial charge in [0.1, 0.15) is 0 Å². The monoisotopic (exact) mass is 322 g/mol. The van der Waals surface area contributed by atoms with Crippen molar-refractivity contribution in [3.63, 3.8) is 0 Å². The Labute approximate surface area is 149 Å². The molecule has 0 fully saturated rings. The van der Waals surface area contributed by atoms with E-state index < -0.39 is 0 Å². The van der Waals surface area contributed by atoms with Gasteiger partial charge in [-0.15, -0.1) is 0 Å². The van der Waals surface area contributed by atoms with E-state index in [1.165, 1.54) is 0 Å². The van der Waals surface area contributed by atoms with Crippen molar-refractivity contribution in [2.45, 2.75) is 0 Å². The second-order valence-corrected chi connectivity index (χ2v) is 5.74. The van der Waals surface area contributed by atoms with Crippen LogP contribution in [0, 0.1) is 0 Å². The van der Waals surface area contributed by atoms with Gasteiger partial charge in [0.2, 0.25) is 0 Å². The summed E-state index contributed by atoms with van der Waals surface area (Å²) < 4.78 is 0. The van der Waals surface area contributed by atoms with Crippen LogP contribution in [0.1, 0.15) is 16.7 Å². The number of benzene rings is 1. The molecule has 0 atom stereocenters. The van der Waals surface area contributed by atoms with Gasteiger partial charge < -0.3 is 0 Å². The smallest absolute Gasteiger partial charge is 0.270 e. The van der Waals surface area contributed by atoms with Crippen LogP contribution in [0.3, 0.4) is 0 Å². The first-order chi connectivity index (χ1) is 12.2. The largest absolute Gasteiger partial charge is 0.288 e. The van der Waals surface area contributed by atoms with Crippen molar-refractivity contribution in [2.75, 3.05) is 0 Å². The predicted octanol–water partition coefficient (Wildman–Crippen LogP) is 2.92. The zero-order valence-electron chi connectivity index (χ0n) is 14.1. The molecular formula is C22H19BN2. The summed E-state index contributed by atoms with van der Waals surface area (Å²) in [5, 5.41) is 0. The van der Waals surface area contributed by atoms with Gasteiger partial charge in [-0.1, -0.05) is 79.8 Å². The molecule has 120 valence electrons. The summed E-state index contributed by atoms with van der Waals surface area (Å²) in [6, 6.07) is 16.5. The van der Waals surface area contributed by atoms with E-state index in [2.05, 4.69) is 54.0 Å². The summed E-state index contributed by atoms with van der Waals surface area (Å²) in [7, 11) is 0. The predicted molar refractivity (Wildman–Crippen MR) is 110 cm³/mol. The Bertz CT molecular complexity index is 756. The molecule has 0 spiro atoms. The lowest BCUT2D eigenvalue weighted by Gasteiger charge is -2.14. The van der Waals surface area contributed by atoms with Crippen LogP contribution in [0.4, 0.5) is 0 Å². The van der Waals surface area contributed by atoms with Crippen LogP contribution in [0.5, 0.6) is 0 Å². The molecule has 0 aliphatic carbocycles. The van der Waals surface area contributed by atoms with E-state index in [0.717, 1.165) is 33.3 Å². The Morgan fingerprint density at radius 1 is 0.600 bits per heavy atom. The van der Waals surface area contributed by atoms with Gasteiger partial charge in [0, 0.05) is 23.6 Å². The second kappa shape index (κ2) is 7.58. The molecule has 2 aromatic heterocycles. The van der Waals surface area contributed by atoms with E-state index in [4.69, 9.17) is 0 Å². The molecule has 0 radical (unpaired) electrons. The number of nitrogens with zero attached hydrogens (tertiary/aromatic N) is 2. The Morgan fingerprint density at radius 3 is 1.40 bits per heavy atom. The lowest BCUT2D eigenvalue weighted by atomic mass is 9.40. The van der Waals surface area contributed by atoms with E-state index in [9.17, 15) is 0 Å². The van der Waals surface area contributed by atoms with Crippen molar-refractivity contribution in [3.8, 4) is 0 Å². The van der Waals surface area contributed by atoms with Crippen LogP contribution >= 0.6 is 0 Å². The highest BCUT2D eigenvalue weighted by Crippen LogP contribution is 2.02. The summed E-state index contributed by atoms with van der Waals surface area (Å²) in [6.07, 6.45) is 9.10. The van der Waals surface area contributed by atoms with Crippen molar-refractivity contribution in [3.05, 3.63) is 97.4 Å². The van der Waals surface area contributed by atoms with Crippen molar-refractivity contribution >= 4 is 41.6 Å². The van der Waals surface area contributed by atoms with Gasteiger partial charge in [-0.2, -0.15) is 0 Å². The average molecular weight is 322 g/mol. The normalized spacial score (nSPS) is 10.1. The average Bonchev–Trinajstić information content (AvgIpc) is 2.70. The molecule has 1 aromatic carbocycles. The molecule has 0 aliphatic heterocycles. The first-order valence-corrected chi connectivity index (χ1v) is 8.14. The van der Waals surface area contributed by atoms with Crippen LogP contribution in [0.2, 0.25) is 0 Å². The molecule has 0 saturated carbocycles. The summed E-state index contributed by atoms with van der Waals surface area (Å²) in [4.78, 5) is 9.27. The Balaban J connectivity index is 2.09. The Kier molecular flexibility index (Phi) is 5.05. The molecule has 0 N–H and O–H groups in total. The van der Waals surface area contributed by atoms with E-state index in [0.29, 0.717) is 0 Å². The number of aromatic nitrogens is 2. The third kappa shape index (κ3) is 3.66. The zero-order valence-corrected chi connectivity index (χ0v) is 14.1. The SMILES string of the molecule is C=Cc1ccc(B(c2ccc(C=C)cn2)c2ccc(C=C)cn2)cc1. The molecule has 0 aliphatic rings. The first kappa shape index (κ1) is 16.7. The molecule has 2 nitrogen and oxygen atoms in total. The van der Waals surface area contributed by atoms with Gasteiger partial charge >= 0.3 is 0 Å². The van der Waals surface area contributed by atoms with Crippen molar-refractivity contribution in [2.24, 2.45) is 0 Å². The van der Waals surface area contributed by atoms with Crippen molar-refractivity contribution in [1.82, 2.24) is 9.97 Å². The quantitative estimate of drug-likeness (QED) is 0.652. The molecule has 3 heteroatoms. The van der Waals surface area contributed by atoms with Gasteiger partial charge in [0.15, 0.2) is 0 Å². The fourth-order valence-corrected chi connectivity index (χ4v) is 2.73. The molecule has 0 amide bonds. The Hall–Kier alpha value is -3.20. The van der Waals surface area contributed by atoms with E-state index in [1.54, 1.807) is 12.2 Å². The van der Waals surface area contributed by atoms with Crippen molar-refractivity contribution in [1.29, 1.82) is 0 Å². The zero-order chi connectivity index (χ0) is 17.6. The maximum absolute atomic E-state index is 4.64. The highest BCUT2D eigenvalue weighted by Gasteiger charge is 2.24. The molecule has 0 bridgehead atoms. The molecular weight excluding hydrogens is 303 g/mol. The summed E-state index contributed by atoms with van der Waals surface area (Å²) in [6.45, 7) is 11.4. The lowest BCUT2D eigenvalue weighted by Crippen LogP contribution is -2.54. The number of hydrogen-bond acceptors (Lipinski definition) is 2. The minimum atomic E-state index is -0.0309. The summed E-state index contributed by atoms with van der Waals surface area (Å²) in [5.41, 5.74) is 6.14. The minimum absolute atomic E-state index is 0.0309. The van der Waals surface area contributed by atoms with Crippen LogP contribution in [-0.4, -0.2) is 16.7 Å². The lowest BCUT2D eigenvalue weighted by molar-refractivity contribution is 1.34. The van der Waals surface area contributed by atoms with Gasteiger partial charge in [-0.05, 0) is 28.8 Å². The Morgan fingerprint density at radius 2 is 1.04 bits per heavy atom. The second-order valence-electron chi connectivity index (χ2n) is 5.74.